The van der Waals surface area contributed by atoms with Crippen LogP contribution in [0.5, 0.6) is 0 Å². The van der Waals surface area contributed by atoms with Crippen LogP contribution < -0.4 is 0 Å². The van der Waals surface area contributed by atoms with Crippen LogP contribution in [0.3, 0.4) is 0 Å². The molecule has 0 N–H and O–H groups in total. The standard InChI is InChI=1S/C21H20O12/c1-14-6-3-8-16(12-14)18(22)28-32-30-20(24)26-10-5-11-27-21(25)31-33-29-19(23)17-9-4-7-15(2)13-17/h3-4,6-9,12-13H,5,10-11H2,1-2H3. The molecule has 2 rings (SSSR count). The van der Waals surface area contributed by atoms with Crippen LogP contribution in [0, 0.1) is 13.8 Å². The van der Waals surface area contributed by atoms with Crippen molar-refractivity contribution in [1.82, 2.24) is 0 Å². The highest BCUT2D eigenvalue weighted by atomic mass is 17.5. The Hall–Kier alpha value is -4.16. The number of benzene rings is 2. The van der Waals surface area contributed by atoms with Gasteiger partial charge in [-0.15, -0.1) is 0 Å². The molecule has 12 nitrogen and oxygen atoms in total. The summed E-state index contributed by atoms with van der Waals surface area (Å²) in [5.74, 6) is -1.74. The second-order valence-corrected chi connectivity index (χ2v) is 6.33. The highest BCUT2D eigenvalue weighted by Gasteiger charge is 2.14. The summed E-state index contributed by atoms with van der Waals surface area (Å²) in [6, 6.07) is 12.9. The third-order valence-corrected chi connectivity index (χ3v) is 3.66. The molecule has 0 aromatic heterocycles. The van der Waals surface area contributed by atoms with E-state index >= 15 is 0 Å². The van der Waals surface area contributed by atoms with Gasteiger partial charge in [-0.25, -0.2) is 29.0 Å². The lowest BCUT2D eigenvalue weighted by Crippen LogP contribution is -2.15. The van der Waals surface area contributed by atoms with Crippen LogP contribution in [-0.2, 0) is 39.1 Å². The number of hydrogen-bond acceptors (Lipinski definition) is 12. The summed E-state index contributed by atoms with van der Waals surface area (Å²) in [4.78, 5) is 62.7. The van der Waals surface area contributed by atoms with E-state index in [0.717, 1.165) is 11.1 Å². The maximum atomic E-state index is 11.7. The Bertz CT molecular complexity index is 894. The average molecular weight is 464 g/mol. The molecule has 12 heteroatoms. The van der Waals surface area contributed by atoms with Crippen molar-refractivity contribution in [3.05, 3.63) is 70.8 Å². The first kappa shape index (κ1) is 25.1. The van der Waals surface area contributed by atoms with Crippen LogP contribution in [0.1, 0.15) is 38.3 Å². The molecular weight excluding hydrogens is 444 g/mol. The van der Waals surface area contributed by atoms with Crippen LogP contribution in [-0.4, -0.2) is 37.5 Å². The van der Waals surface area contributed by atoms with Gasteiger partial charge in [0, 0.05) is 6.42 Å². The summed E-state index contributed by atoms with van der Waals surface area (Å²) in [5.41, 5.74) is 2.05. The molecule has 0 aliphatic rings. The zero-order chi connectivity index (χ0) is 24.1. The molecule has 0 unspecified atom stereocenters. The van der Waals surface area contributed by atoms with Crippen LogP contribution in [0.4, 0.5) is 9.59 Å². The van der Waals surface area contributed by atoms with Crippen molar-refractivity contribution in [2.24, 2.45) is 0 Å². The van der Waals surface area contributed by atoms with Crippen molar-refractivity contribution in [2.45, 2.75) is 20.3 Å². The van der Waals surface area contributed by atoms with Crippen molar-refractivity contribution in [3.63, 3.8) is 0 Å². The number of hydrogen-bond donors (Lipinski definition) is 0. The van der Waals surface area contributed by atoms with Crippen molar-refractivity contribution >= 4 is 24.2 Å². The van der Waals surface area contributed by atoms with E-state index in [1.165, 1.54) is 12.1 Å². The largest absolute Gasteiger partial charge is 0.543 e. The first-order valence-corrected chi connectivity index (χ1v) is 9.43. The molecule has 2 aromatic carbocycles. The molecule has 0 saturated carbocycles. The van der Waals surface area contributed by atoms with Gasteiger partial charge < -0.3 is 9.47 Å². The Morgan fingerprint density at radius 1 is 0.636 bits per heavy atom. The van der Waals surface area contributed by atoms with E-state index in [4.69, 9.17) is 0 Å². The monoisotopic (exact) mass is 464 g/mol. The number of carbonyl (C=O) groups excluding carboxylic acids is 4. The third kappa shape index (κ3) is 9.67. The lowest BCUT2D eigenvalue weighted by Gasteiger charge is -2.05. The number of carbonyl (C=O) groups is 4. The van der Waals surface area contributed by atoms with Crippen molar-refractivity contribution in [3.8, 4) is 0 Å². The van der Waals surface area contributed by atoms with Gasteiger partial charge >= 0.3 is 24.2 Å². The normalized spacial score (nSPS) is 10.0. The summed E-state index contributed by atoms with van der Waals surface area (Å²) < 4.78 is 9.18. The fourth-order valence-electron chi connectivity index (χ4n) is 2.21. The van der Waals surface area contributed by atoms with Gasteiger partial charge in [0.25, 0.3) is 0 Å². The summed E-state index contributed by atoms with van der Waals surface area (Å²) in [5, 5.41) is 8.12. The Balaban J connectivity index is 1.49. The van der Waals surface area contributed by atoms with Gasteiger partial charge in [-0.1, -0.05) is 35.4 Å². The molecule has 0 heterocycles. The van der Waals surface area contributed by atoms with Crippen LogP contribution in [0.15, 0.2) is 48.5 Å². The van der Waals surface area contributed by atoms with E-state index in [1.54, 1.807) is 50.2 Å². The molecule has 0 saturated heterocycles. The Kier molecular flexibility index (Phi) is 10.1. The fraction of sp³-hybridized carbons (Fsp3) is 0.238. The molecule has 33 heavy (non-hydrogen) atoms. The quantitative estimate of drug-likeness (QED) is 0.219. The van der Waals surface area contributed by atoms with Gasteiger partial charge in [0.1, 0.15) is 0 Å². The molecule has 0 fully saturated rings. The summed E-state index contributed by atoms with van der Waals surface area (Å²) in [7, 11) is 0. The average Bonchev–Trinajstić information content (AvgIpc) is 2.78. The minimum absolute atomic E-state index is 0.0519. The van der Waals surface area contributed by atoms with Crippen LogP contribution in [0.2, 0.25) is 0 Å². The minimum Gasteiger partial charge on any atom is -0.432 e. The Labute approximate surface area is 187 Å². The Morgan fingerprint density at radius 3 is 1.45 bits per heavy atom. The zero-order valence-electron chi connectivity index (χ0n) is 17.6. The topological polar surface area (TPSA) is 142 Å². The maximum absolute atomic E-state index is 11.7. The Morgan fingerprint density at radius 2 is 1.06 bits per heavy atom. The second kappa shape index (κ2) is 13.3. The van der Waals surface area contributed by atoms with Gasteiger partial charge in [-0.05, 0) is 38.1 Å². The minimum atomic E-state index is -1.29. The summed E-state index contributed by atoms with van der Waals surface area (Å²) in [6.45, 7) is 3.10. The van der Waals surface area contributed by atoms with Gasteiger partial charge in [0.15, 0.2) is 0 Å². The zero-order valence-corrected chi connectivity index (χ0v) is 17.6. The highest BCUT2D eigenvalue weighted by molar-refractivity contribution is 5.89. The van der Waals surface area contributed by atoms with E-state index in [-0.39, 0.29) is 30.8 Å². The van der Waals surface area contributed by atoms with E-state index < -0.39 is 24.2 Å². The lowest BCUT2D eigenvalue weighted by atomic mass is 10.1. The molecular formula is C21H20O12. The van der Waals surface area contributed by atoms with Crippen LogP contribution >= 0.6 is 0 Å². The van der Waals surface area contributed by atoms with E-state index in [2.05, 4.69) is 39.1 Å². The predicted molar refractivity (Wildman–Crippen MR) is 105 cm³/mol. The molecule has 2 aromatic rings. The third-order valence-electron chi connectivity index (χ3n) is 3.66. The van der Waals surface area contributed by atoms with Gasteiger partial charge in [0.05, 0.1) is 34.4 Å². The molecule has 0 aliphatic carbocycles. The van der Waals surface area contributed by atoms with E-state index in [1.807, 2.05) is 0 Å². The first-order valence-electron chi connectivity index (χ1n) is 9.43. The molecule has 0 spiro atoms. The second-order valence-electron chi connectivity index (χ2n) is 6.33. The predicted octanol–water partition coefficient (Wildman–Crippen LogP) is 3.71. The lowest BCUT2D eigenvalue weighted by molar-refractivity contribution is -0.452. The highest BCUT2D eigenvalue weighted by Crippen LogP contribution is 2.07. The summed E-state index contributed by atoms with van der Waals surface area (Å²) >= 11 is 0. The maximum Gasteiger partial charge on any atom is 0.543 e. The first-order chi connectivity index (χ1) is 15.8. The molecule has 0 atom stereocenters. The van der Waals surface area contributed by atoms with Crippen molar-refractivity contribution in [1.29, 1.82) is 0 Å². The molecule has 0 bridgehead atoms. The van der Waals surface area contributed by atoms with E-state index in [9.17, 15) is 19.2 Å². The van der Waals surface area contributed by atoms with Crippen molar-refractivity contribution in [2.75, 3.05) is 13.2 Å². The van der Waals surface area contributed by atoms with Crippen molar-refractivity contribution < 1.29 is 58.3 Å². The van der Waals surface area contributed by atoms with E-state index in [0.29, 0.717) is 0 Å². The number of rotatable bonds is 10. The molecule has 0 radical (unpaired) electrons. The van der Waals surface area contributed by atoms with Gasteiger partial charge in [-0.2, -0.15) is 0 Å². The van der Waals surface area contributed by atoms with Crippen LogP contribution in [0.25, 0.3) is 0 Å². The van der Waals surface area contributed by atoms with Gasteiger partial charge in [-0.3, -0.25) is 9.78 Å². The number of ether oxygens (including phenoxy) is 2. The smallest absolute Gasteiger partial charge is 0.432 e. The molecule has 0 amide bonds. The van der Waals surface area contributed by atoms with Gasteiger partial charge in [0.2, 0.25) is 0 Å². The SMILES string of the molecule is Cc1cccc(C(=O)OOOC(=O)OCCCOC(=O)OOOC(=O)c2cccc(C)c2)c1. The molecule has 176 valence electrons. The number of aryl methyl sites for hydroxylation is 2. The molecule has 0 aliphatic heterocycles. The summed E-state index contributed by atoms with van der Waals surface area (Å²) in [6.07, 6.45) is -2.53. The fourth-order valence-corrected chi connectivity index (χ4v) is 2.21.